The Hall–Kier alpha value is -0.630. The summed E-state index contributed by atoms with van der Waals surface area (Å²) in [5.41, 5.74) is 16.8. The lowest BCUT2D eigenvalue weighted by Gasteiger charge is -2.16. The average Bonchev–Trinajstić information content (AvgIpc) is 2.34. The second-order valence-electron chi connectivity index (χ2n) is 4.27. The Morgan fingerprint density at radius 2 is 1.56 bits per heavy atom. The molecule has 0 aliphatic heterocycles. The van der Waals surface area contributed by atoms with Gasteiger partial charge >= 0.3 is 5.97 Å². The molecular formula is C11H23N3O3S. The van der Waals surface area contributed by atoms with Crippen LogP contribution in [0.25, 0.3) is 0 Å². The van der Waals surface area contributed by atoms with Gasteiger partial charge in [0.1, 0.15) is 6.04 Å². The highest BCUT2D eigenvalue weighted by Gasteiger charge is 2.21. The van der Waals surface area contributed by atoms with Crippen LogP contribution in [0.15, 0.2) is 0 Å². The molecule has 0 bridgehead atoms. The first kappa shape index (κ1) is 17.4. The number of carboxylic acid groups (broad SMARTS) is 1. The summed E-state index contributed by atoms with van der Waals surface area (Å²) in [5.74, 6) is -0.372. The Kier molecular flexibility index (Phi) is 8.99. The maximum absolute atomic E-state index is 11.8. The molecule has 0 rings (SSSR count). The van der Waals surface area contributed by atoms with E-state index in [-0.39, 0.29) is 5.78 Å². The summed E-state index contributed by atoms with van der Waals surface area (Å²) in [6.45, 7) is 0. The minimum Gasteiger partial charge on any atom is -0.480 e. The van der Waals surface area contributed by atoms with Crippen molar-refractivity contribution in [2.45, 2.75) is 43.8 Å². The molecule has 0 aromatic rings. The number of Topliss-reactive ketones (excluding diaryl/α,β-unsaturated/α-hetero) is 1. The summed E-state index contributed by atoms with van der Waals surface area (Å²) >= 11 is 1.63. The third-order valence-electron chi connectivity index (χ3n) is 2.71. The predicted octanol–water partition coefficient (Wildman–Crippen LogP) is -0.455. The molecule has 18 heavy (non-hydrogen) atoms. The maximum atomic E-state index is 11.8. The van der Waals surface area contributed by atoms with Crippen LogP contribution in [0.2, 0.25) is 0 Å². The summed E-state index contributed by atoms with van der Waals surface area (Å²) in [6, 6.07) is -2.04. The number of carboxylic acids is 1. The fraction of sp³-hybridized carbons (Fsp3) is 0.818. The third kappa shape index (κ3) is 6.95. The summed E-state index contributed by atoms with van der Waals surface area (Å²) in [7, 11) is 0. The van der Waals surface area contributed by atoms with Crippen LogP contribution in [0, 0.1) is 0 Å². The average molecular weight is 277 g/mol. The van der Waals surface area contributed by atoms with Gasteiger partial charge in [0.15, 0.2) is 5.78 Å². The zero-order chi connectivity index (χ0) is 14.1. The minimum absolute atomic E-state index is 0.159. The largest absolute Gasteiger partial charge is 0.480 e. The van der Waals surface area contributed by atoms with Gasteiger partial charge in [-0.3, -0.25) is 9.59 Å². The molecule has 7 heteroatoms. The molecule has 0 aromatic carbocycles. The standard InChI is InChI=1S/C11H23N3O3S/c1-18-6-5-8(13)10(15)7(12)3-2-4-9(14)11(16)17/h7-9H,2-6,12-14H2,1H3,(H,16,17)/t7?,8-,9-/m0/s1. The Morgan fingerprint density at radius 1 is 1.06 bits per heavy atom. The highest BCUT2D eigenvalue weighted by Crippen LogP contribution is 2.07. The lowest BCUT2D eigenvalue weighted by Crippen LogP contribution is -2.43. The molecule has 0 fully saturated rings. The fourth-order valence-electron chi connectivity index (χ4n) is 1.49. The summed E-state index contributed by atoms with van der Waals surface area (Å²) in [4.78, 5) is 22.2. The molecule has 3 atom stereocenters. The van der Waals surface area contributed by atoms with Crippen LogP contribution in [0.5, 0.6) is 0 Å². The Morgan fingerprint density at radius 3 is 2.06 bits per heavy atom. The molecule has 0 saturated heterocycles. The van der Waals surface area contributed by atoms with Crippen LogP contribution < -0.4 is 17.2 Å². The predicted molar refractivity (Wildman–Crippen MR) is 73.4 cm³/mol. The van der Waals surface area contributed by atoms with Crippen molar-refractivity contribution in [2.75, 3.05) is 12.0 Å². The van der Waals surface area contributed by atoms with E-state index in [1.807, 2.05) is 6.26 Å². The number of thioether (sulfide) groups is 1. The van der Waals surface area contributed by atoms with Crippen molar-refractivity contribution in [3.63, 3.8) is 0 Å². The Bertz CT molecular complexity index is 276. The van der Waals surface area contributed by atoms with Crippen molar-refractivity contribution in [1.29, 1.82) is 0 Å². The molecule has 0 aliphatic rings. The van der Waals surface area contributed by atoms with Crippen LogP contribution in [0.3, 0.4) is 0 Å². The van der Waals surface area contributed by atoms with E-state index < -0.39 is 24.1 Å². The molecule has 7 N–H and O–H groups in total. The molecule has 0 radical (unpaired) electrons. The highest BCUT2D eigenvalue weighted by molar-refractivity contribution is 7.98. The second-order valence-corrected chi connectivity index (χ2v) is 5.26. The number of rotatable bonds is 10. The van der Waals surface area contributed by atoms with Gasteiger partial charge in [-0.15, -0.1) is 0 Å². The van der Waals surface area contributed by atoms with E-state index in [0.717, 1.165) is 5.75 Å². The molecule has 0 spiro atoms. The van der Waals surface area contributed by atoms with Gasteiger partial charge in [0.25, 0.3) is 0 Å². The quantitative estimate of drug-likeness (QED) is 0.425. The van der Waals surface area contributed by atoms with Crippen LogP contribution >= 0.6 is 11.8 Å². The number of nitrogens with two attached hydrogens (primary N) is 3. The zero-order valence-corrected chi connectivity index (χ0v) is 11.5. The second kappa shape index (κ2) is 9.32. The lowest BCUT2D eigenvalue weighted by atomic mass is 9.98. The fourth-order valence-corrected chi connectivity index (χ4v) is 1.98. The molecule has 0 aromatic heterocycles. The number of aliphatic carboxylic acids is 1. The van der Waals surface area contributed by atoms with Gasteiger partial charge in [-0.05, 0) is 37.7 Å². The summed E-state index contributed by atoms with van der Waals surface area (Å²) in [5, 5.41) is 8.60. The van der Waals surface area contributed by atoms with Crippen molar-refractivity contribution >= 4 is 23.5 Å². The highest BCUT2D eigenvalue weighted by atomic mass is 32.2. The summed E-state index contributed by atoms with van der Waals surface area (Å²) < 4.78 is 0. The van der Waals surface area contributed by atoms with Gasteiger partial charge in [0.2, 0.25) is 0 Å². The van der Waals surface area contributed by atoms with Crippen LogP contribution in [0.1, 0.15) is 25.7 Å². The molecule has 6 nitrogen and oxygen atoms in total. The lowest BCUT2D eigenvalue weighted by molar-refractivity contribution is -0.138. The van der Waals surface area contributed by atoms with Gasteiger partial charge in [0.05, 0.1) is 12.1 Å². The van der Waals surface area contributed by atoms with Crippen molar-refractivity contribution in [2.24, 2.45) is 17.2 Å². The number of hydrogen-bond acceptors (Lipinski definition) is 6. The summed E-state index contributed by atoms with van der Waals surface area (Å²) in [6.07, 6.45) is 3.81. The number of hydrogen-bond donors (Lipinski definition) is 4. The molecule has 106 valence electrons. The van der Waals surface area contributed by atoms with Gasteiger partial charge in [-0.2, -0.15) is 11.8 Å². The molecule has 0 amide bonds. The number of ketones is 1. The van der Waals surface area contributed by atoms with Gasteiger partial charge in [0, 0.05) is 0 Å². The Balaban J connectivity index is 3.90. The van der Waals surface area contributed by atoms with E-state index >= 15 is 0 Å². The molecule has 0 saturated carbocycles. The smallest absolute Gasteiger partial charge is 0.320 e. The van der Waals surface area contributed by atoms with E-state index in [9.17, 15) is 9.59 Å². The van der Waals surface area contributed by atoms with Gasteiger partial charge in [-0.1, -0.05) is 0 Å². The number of carbonyl (C=O) groups is 2. The minimum atomic E-state index is -1.04. The normalized spacial score (nSPS) is 16.0. The van der Waals surface area contributed by atoms with Crippen molar-refractivity contribution in [3.8, 4) is 0 Å². The molecular weight excluding hydrogens is 254 g/mol. The van der Waals surface area contributed by atoms with Crippen molar-refractivity contribution in [3.05, 3.63) is 0 Å². The van der Waals surface area contributed by atoms with Gasteiger partial charge < -0.3 is 22.3 Å². The zero-order valence-electron chi connectivity index (χ0n) is 10.7. The first-order chi connectivity index (χ1) is 8.40. The first-order valence-corrected chi connectivity index (χ1v) is 7.31. The van der Waals surface area contributed by atoms with E-state index in [4.69, 9.17) is 22.3 Å². The van der Waals surface area contributed by atoms with E-state index in [1.54, 1.807) is 11.8 Å². The van der Waals surface area contributed by atoms with Crippen molar-refractivity contribution in [1.82, 2.24) is 0 Å². The van der Waals surface area contributed by atoms with Crippen LogP contribution in [-0.2, 0) is 9.59 Å². The van der Waals surface area contributed by atoms with E-state index in [0.29, 0.717) is 25.7 Å². The monoisotopic (exact) mass is 277 g/mol. The topological polar surface area (TPSA) is 132 Å². The first-order valence-electron chi connectivity index (χ1n) is 5.92. The Labute approximate surface area is 112 Å². The van der Waals surface area contributed by atoms with E-state index in [2.05, 4.69) is 0 Å². The van der Waals surface area contributed by atoms with Crippen LogP contribution in [-0.4, -0.2) is 47.0 Å². The van der Waals surface area contributed by atoms with Crippen LogP contribution in [0.4, 0.5) is 0 Å². The number of carbonyl (C=O) groups excluding carboxylic acids is 1. The van der Waals surface area contributed by atoms with E-state index in [1.165, 1.54) is 0 Å². The third-order valence-corrected chi connectivity index (χ3v) is 3.36. The molecule has 1 unspecified atom stereocenters. The maximum Gasteiger partial charge on any atom is 0.320 e. The van der Waals surface area contributed by atoms with Gasteiger partial charge in [-0.25, -0.2) is 0 Å². The molecule has 0 heterocycles. The van der Waals surface area contributed by atoms with Crippen molar-refractivity contribution < 1.29 is 14.7 Å². The SMILES string of the molecule is CSCC[C@H](N)C(=O)C(N)CCC[C@H](N)C(=O)O. The molecule has 0 aliphatic carbocycles.